The van der Waals surface area contributed by atoms with Crippen LogP contribution in [0.3, 0.4) is 0 Å². The van der Waals surface area contributed by atoms with E-state index in [-0.39, 0.29) is 5.91 Å². The van der Waals surface area contributed by atoms with Gasteiger partial charge in [-0.3, -0.25) is 9.69 Å². The molecule has 1 amide bonds. The molecule has 2 aromatic heterocycles. The Balaban J connectivity index is 1.51. The lowest BCUT2D eigenvalue weighted by molar-refractivity contribution is 0.0960. The molecule has 0 saturated carbocycles. The van der Waals surface area contributed by atoms with Gasteiger partial charge in [0.15, 0.2) is 0 Å². The first-order valence-electron chi connectivity index (χ1n) is 7.22. The molecule has 1 aliphatic rings. The molecule has 3 rings (SSSR count). The Hall–Kier alpha value is -1.57. The van der Waals surface area contributed by atoms with Crippen LogP contribution in [-0.2, 0) is 6.54 Å². The van der Waals surface area contributed by atoms with Crippen LogP contribution in [0.5, 0.6) is 0 Å². The lowest BCUT2D eigenvalue weighted by atomic mass is 10.1. The molecule has 22 heavy (non-hydrogen) atoms. The topological polar surface area (TPSA) is 58.1 Å². The quantitative estimate of drug-likeness (QED) is 0.854. The van der Waals surface area contributed by atoms with E-state index in [4.69, 9.17) is 0 Å². The van der Waals surface area contributed by atoms with Gasteiger partial charge in [0.2, 0.25) is 0 Å². The van der Waals surface area contributed by atoms with E-state index in [1.165, 1.54) is 33.3 Å². The molecule has 0 bridgehead atoms. The molecule has 3 heterocycles. The van der Waals surface area contributed by atoms with Crippen molar-refractivity contribution in [3.05, 3.63) is 44.6 Å². The smallest absolute Gasteiger partial charge is 0.261 e. The Kier molecular flexibility index (Phi) is 4.97. The van der Waals surface area contributed by atoms with Gasteiger partial charge in [0.05, 0.1) is 15.4 Å². The Labute approximate surface area is 137 Å². The molecular formula is C15H18N4OS2. The predicted octanol–water partition coefficient (Wildman–Crippen LogP) is 2.47. The molecule has 0 fully saturated rings. The summed E-state index contributed by atoms with van der Waals surface area (Å²) in [5, 5.41) is 8.98. The summed E-state index contributed by atoms with van der Waals surface area (Å²) in [5.74, 6) is 0.00975. The van der Waals surface area contributed by atoms with Crippen LogP contribution in [0.2, 0.25) is 0 Å². The number of carbonyl (C=O) groups excluding carboxylic acids is 1. The molecule has 7 heteroatoms. The Morgan fingerprint density at radius 3 is 3.14 bits per heavy atom. The van der Waals surface area contributed by atoms with Gasteiger partial charge in [0.1, 0.15) is 0 Å². The minimum Gasteiger partial charge on any atom is -0.348 e. The molecule has 0 aromatic carbocycles. The summed E-state index contributed by atoms with van der Waals surface area (Å²) in [7, 11) is 0. The maximum absolute atomic E-state index is 12.0. The highest BCUT2D eigenvalue weighted by molar-refractivity contribution is 7.12. The molecule has 1 N–H and O–H groups in total. The summed E-state index contributed by atoms with van der Waals surface area (Å²) in [6, 6.07) is 3.74. The highest BCUT2D eigenvalue weighted by Crippen LogP contribution is 2.17. The maximum Gasteiger partial charge on any atom is 0.261 e. The number of aromatic nitrogens is 2. The normalized spacial score (nSPS) is 15.6. The summed E-state index contributed by atoms with van der Waals surface area (Å²) in [6.45, 7) is 5.44. The first-order chi connectivity index (χ1) is 10.7. The van der Waals surface area contributed by atoms with E-state index >= 15 is 0 Å². The number of carbonyl (C=O) groups is 1. The fourth-order valence-electron chi connectivity index (χ4n) is 2.43. The molecule has 0 unspecified atom stereocenters. The maximum atomic E-state index is 12.0. The largest absolute Gasteiger partial charge is 0.348 e. The molecular weight excluding hydrogens is 316 g/mol. The summed E-state index contributed by atoms with van der Waals surface area (Å²) in [6.07, 6.45) is 3.26. The number of hydrogen-bond acceptors (Lipinski definition) is 6. The second-order valence-electron chi connectivity index (χ2n) is 5.30. The molecule has 5 nitrogen and oxygen atoms in total. The second kappa shape index (κ2) is 7.13. The highest BCUT2D eigenvalue weighted by atomic mass is 32.1. The predicted molar refractivity (Wildman–Crippen MR) is 89.3 cm³/mol. The van der Waals surface area contributed by atoms with Crippen molar-refractivity contribution in [2.24, 2.45) is 0 Å². The van der Waals surface area contributed by atoms with E-state index in [1.807, 2.05) is 24.4 Å². The van der Waals surface area contributed by atoms with Crippen LogP contribution in [0.15, 0.2) is 29.2 Å². The zero-order chi connectivity index (χ0) is 15.4. The van der Waals surface area contributed by atoms with Crippen molar-refractivity contribution < 1.29 is 4.79 Å². The Morgan fingerprint density at radius 1 is 1.50 bits per heavy atom. The third-order valence-corrected chi connectivity index (χ3v) is 5.32. The molecule has 0 atom stereocenters. The van der Waals surface area contributed by atoms with E-state index in [0.717, 1.165) is 36.6 Å². The Bertz CT molecular complexity index is 663. The monoisotopic (exact) mass is 334 g/mol. The number of thiophene rings is 1. The van der Waals surface area contributed by atoms with Gasteiger partial charge in [0.25, 0.3) is 5.91 Å². The minimum absolute atomic E-state index is 0.00975. The first-order valence-corrected chi connectivity index (χ1v) is 8.87. The Morgan fingerprint density at radius 2 is 2.41 bits per heavy atom. The third kappa shape index (κ3) is 3.79. The second-order valence-corrected chi connectivity index (χ2v) is 7.09. The number of rotatable bonds is 5. The van der Waals surface area contributed by atoms with Crippen LogP contribution in [0.25, 0.3) is 0 Å². The SMILES string of the molecule is Cc1nnsc1CN1CCC=C(CNC(=O)c2cccs2)C1. The fraction of sp³-hybridized carbons (Fsp3) is 0.400. The molecule has 1 aliphatic heterocycles. The standard InChI is InChI=1S/C15H18N4OS2/c1-11-14(22-18-17-11)10-19-6-2-4-12(9-19)8-16-15(20)13-5-3-7-21-13/h3-5,7H,2,6,8-10H2,1H3,(H,16,20). The van der Waals surface area contributed by atoms with Gasteiger partial charge in [-0.2, -0.15) is 0 Å². The van der Waals surface area contributed by atoms with Gasteiger partial charge in [-0.05, 0) is 41.9 Å². The minimum atomic E-state index is 0.00975. The summed E-state index contributed by atoms with van der Waals surface area (Å²) in [4.78, 5) is 16.3. The molecule has 0 spiro atoms. The number of nitrogens with zero attached hydrogens (tertiary/aromatic N) is 3. The van der Waals surface area contributed by atoms with E-state index in [1.54, 1.807) is 0 Å². The molecule has 0 aliphatic carbocycles. The highest BCUT2D eigenvalue weighted by Gasteiger charge is 2.16. The van der Waals surface area contributed by atoms with Crippen LogP contribution >= 0.6 is 22.9 Å². The van der Waals surface area contributed by atoms with Crippen molar-refractivity contribution in [2.75, 3.05) is 19.6 Å². The van der Waals surface area contributed by atoms with Crippen molar-refractivity contribution in [1.29, 1.82) is 0 Å². The van der Waals surface area contributed by atoms with Crippen LogP contribution in [0, 0.1) is 6.92 Å². The molecule has 2 aromatic rings. The van der Waals surface area contributed by atoms with Crippen LogP contribution in [0.4, 0.5) is 0 Å². The third-order valence-electron chi connectivity index (χ3n) is 3.64. The van der Waals surface area contributed by atoms with Gasteiger partial charge in [-0.1, -0.05) is 16.6 Å². The summed E-state index contributed by atoms with van der Waals surface area (Å²) < 4.78 is 3.99. The average Bonchev–Trinajstić information content (AvgIpc) is 3.18. The number of amides is 1. The van der Waals surface area contributed by atoms with Crippen molar-refractivity contribution in [1.82, 2.24) is 19.8 Å². The molecule has 0 radical (unpaired) electrons. The first kappa shape index (κ1) is 15.3. The van der Waals surface area contributed by atoms with Crippen molar-refractivity contribution in [3.8, 4) is 0 Å². The van der Waals surface area contributed by atoms with Gasteiger partial charge in [0, 0.05) is 26.2 Å². The van der Waals surface area contributed by atoms with E-state index < -0.39 is 0 Å². The molecule has 116 valence electrons. The van der Waals surface area contributed by atoms with Gasteiger partial charge < -0.3 is 5.32 Å². The summed E-state index contributed by atoms with van der Waals surface area (Å²) >= 11 is 2.94. The van der Waals surface area contributed by atoms with E-state index in [0.29, 0.717) is 6.54 Å². The van der Waals surface area contributed by atoms with Crippen molar-refractivity contribution in [3.63, 3.8) is 0 Å². The lowest BCUT2D eigenvalue weighted by Gasteiger charge is -2.26. The average molecular weight is 334 g/mol. The van der Waals surface area contributed by atoms with E-state index in [9.17, 15) is 4.79 Å². The van der Waals surface area contributed by atoms with Crippen molar-refractivity contribution >= 4 is 28.8 Å². The van der Waals surface area contributed by atoms with Gasteiger partial charge in [-0.25, -0.2) is 0 Å². The van der Waals surface area contributed by atoms with Crippen LogP contribution < -0.4 is 5.32 Å². The fourth-order valence-corrected chi connectivity index (χ4v) is 3.75. The van der Waals surface area contributed by atoms with Crippen LogP contribution in [-0.4, -0.2) is 40.0 Å². The summed E-state index contributed by atoms with van der Waals surface area (Å²) in [5.41, 5.74) is 2.29. The molecule has 0 saturated heterocycles. The number of hydrogen-bond donors (Lipinski definition) is 1. The van der Waals surface area contributed by atoms with Crippen LogP contribution in [0.1, 0.15) is 26.7 Å². The van der Waals surface area contributed by atoms with Crippen molar-refractivity contribution in [2.45, 2.75) is 19.9 Å². The number of nitrogens with one attached hydrogen (secondary N) is 1. The number of aryl methyl sites for hydroxylation is 1. The zero-order valence-electron chi connectivity index (χ0n) is 12.4. The van der Waals surface area contributed by atoms with Gasteiger partial charge in [-0.15, -0.1) is 16.4 Å². The zero-order valence-corrected chi connectivity index (χ0v) is 14.0. The lowest BCUT2D eigenvalue weighted by Crippen LogP contribution is -2.34. The van der Waals surface area contributed by atoms with Gasteiger partial charge >= 0.3 is 0 Å². The van der Waals surface area contributed by atoms with E-state index in [2.05, 4.69) is 25.9 Å².